The number of para-hydroxylation sites is 1. The van der Waals surface area contributed by atoms with Crippen molar-refractivity contribution in [2.75, 3.05) is 29.9 Å². The summed E-state index contributed by atoms with van der Waals surface area (Å²) in [4.78, 5) is 4.69. The molecule has 1 N–H and O–H groups in total. The van der Waals surface area contributed by atoms with Crippen LogP contribution in [0.25, 0.3) is 0 Å². The van der Waals surface area contributed by atoms with E-state index >= 15 is 0 Å². The maximum absolute atomic E-state index is 13.5. The van der Waals surface area contributed by atoms with Crippen LogP contribution in [0.2, 0.25) is 0 Å². The molecule has 1 fully saturated rings. The van der Waals surface area contributed by atoms with Gasteiger partial charge < -0.3 is 10.2 Å². The fourth-order valence-corrected chi connectivity index (χ4v) is 2.76. The molecule has 3 rings (SSSR count). The fourth-order valence-electron chi connectivity index (χ4n) is 2.76. The van der Waals surface area contributed by atoms with Crippen molar-refractivity contribution in [1.29, 1.82) is 0 Å². The Kier molecular flexibility index (Phi) is 4.36. The number of hydrogen-bond donors (Lipinski definition) is 1. The molecule has 0 amide bonds. The van der Waals surface area contributed by atoms with Crippen LogP contribution in [0.4, 0.5) is 28.9 Å². The van der Waals surface area contributed by atoms with Gasteiger partial charge >= 0.3 is 0 Å². The van der Waals surface area contributed by atoms with Gasteiger partial charge in [-0.15, -0.1) is 0 Å². The minimum absolute atomic E-state index is 0.119. The zero-order valence-electron chi connectivity index (χ0n) is 12.2. The van der Waals surface area contributed by atoms with Crippen LogP contribution in [-0.2, 0) is 0 Å². The smallest absolute Gasteiger partial charge is 0.253 e. The van der Waals surface area contributed by atoms with E-state index in [-0.39, 0.29) is 12.5 Å². The van der Waals surface area contributed by atoms with Gasteiger partial charge in [0.25, 0.3) is 11.9 Å². The Labute approximate surface area is 130 Å². The van der Waals surface area contributed by atoms with Crippen LogP contribution in [0.15, 0.2) is 30.3 Å². The van der Waals surface area contributed by atoms with Gasteiger partial charge in [0, 0.05) is 25.3 Å². The molecule has 122 valence electrons. The summed E-state index contributed by atoms with van der Waals surface area (Å²) in [6, 6.07) is 9.78. The van der Waals surface area contributed by atoms with Crippen molar-refractivity contribution in [3.63, 3.8) is 0 Å². The predicted octanol–water partition coefficient (Wildman–Crippen LogP) is 3.58. The number of hydrogen-bond acceptors (Lipinski definition) is 3. The molecule has 7 heteroatoms. The highest BCUT2D eigenvalue weighted by Crippen LogP contribution is 2.26. The second-order valence-electron chi connectivity index (χ2n) is 5.51. The topological polar surface area (TPSA) is 28.2 Å². The Hall–Kier alpha value is -2.31. The molecule has 0 radical (unpaired) electrons. The molecule has 1 aliphatic heterocycles. The summed E-state index contributed by atoms with van der Waals surface area (Å²) < 4.78 is 53.2. The Morgan fingerprint density at radius 2 is 1.70 bits per heavy atom. The van der Waals surface area contributed by atoms with E-state index in [1.54, 1.807) is 0 Å². The summed E-state index contributed by atoms with van der Waals surface area (Å²) in [6.07, 6.45) is 0.821. The Morgan fingerprint density at radius 1 is 1.04 bits per heavy atom. The Balaban J connectivity index is 1.64. The fraction of sp³-hybridized carbons (Fsp3) is 0.312. The average molecular weight is 325 g/mol. The maximum Gasteiger partial charge on any atom is 0.253 e. The van der Waals surface area contributed by atoms with Gasteiger partial charge in [0.2, 0.25) is 11.6 Å². The summed E-state index contributed by atoms with van der Waals surface area (Å²) in [5, 5.41) is 2.48. The first-order valence-corrected chi connectivity index (χ1v) is 7.30. The SMILES string of the molecule is Fc1nc(F)c(F)c(NCC2CCN(c3ccccc3)C2)c1F. The summed E-state index contributed by atoms with van der Waals surface area (Å²) in [5.41, 5.74) is 0.279. The zero-order valence-corrected chi connectivity index (χ0v) is 12.2. The van der Waals surface area contributed by atoms with Gasteiger partial charge in [-0.05, 0) is 24.5 Å². The molecule has 1 unspecified atom stereocenters. The lowest BCUT2D eigenvalue weighted by Gasteiger charge is -2.19. The van der Waals surface area contributed by atoms with Gasteiger partial charge in [-0.25, -0.2) is 0 Å². The van der Waals surface area contributed by atoms with Gasteiger partial charge in [0.15, 0.2) is 0 Å². The highest BCUT2D eigenvalue weighted by atomic mass is 19.2. The van der Waals surface area contributed by atoms with E-state index in [1.807, 2.05) is 30.3 Å². The summed E-state index contributed by atoms with van der Waals surface area (Å²) >= 11 is 0. The highest BCUT2D eigenvalue weighted by molar-refractivity contribution is 5.48. The predicted molar refractivity (Wildman–Crippen MR) is 79.3 cm³/mol. The van der Waals surface area contributed by atoms with Crippen LogP contribution in [-0.4, -0.2) is 24.6 Å². The normalized spacial score (nSPS) is 17.6. The number of anilines is 2. The van der Waals surface area contributed by atoms with Gasteiger partial charge in [-0.2, -0.15) is 22.5 Å². The molecule has 1 atom stereocenters. The summed E-state index contributed by atoms with van der Waals surface area (Å²) in [7, 11) is 0. The lowest BCUT2D eigenvalue weighted by Crippen LogP contribution is -2.23. The van der Waals surface area contributed by atoms with Gasteiger partial charge in [-0.3, -0.25) is 0 Å². The van der Waals surface area contributed by atoms with Crippen molar-refractivity contribution in [2.45, 2.75) is 6.42 Å². The molecule has 2 aromatic rings. The van der Waals surface area contributed by atoms with E-state index in [2.05, 4.69) is 15.2 Å². The first-order valence-electron chi connectivity index (χ1n) is 7.30. The van der Waals surface area contributed by atoms with E-state index in [9.17, 15) is 17.6 Å². The lowest BCUT2D eigenvalue weighted by atomic mass is 10.1. The van der Waals surface area contributed by atoms with Crippen molar-refractivity contribution in [3.8, 4) is 0 Å². The minimum atomic E-state index is -1.65. The van der Waals surface area contributed by atoms with E-state index in [0.29, 0.717) is 6.54 Å². The molecule has 0 spiro atoms. The van der Waals surface area contributed by atoms with E-state index in [1.165, 1.54) is 0 Å². The molecular weight excluding hydrogens is 310 g/mol. The van der Waals surface area contributed by atoms with Crippen LogP contribution in [0.3, 0.4) is 0 Å². The van der Waals surface area contributed by atoms with Crippen molar-refractivity contribution < 1.29 is 17.6 Å². The molecule has 23 heavy (non-hydrogen) atoms. The van der Waals surface area contributed by atoms with E-state index < -0.39 is 29.2 Å². The first kappa shape index (κ1) is 15.6. The van der Waals surface area contributed by atoms with Gasteiger partial charge in [0.1, 0.15) is 5.69 Å². The lowest BCUT2D eigenvalue weighted by molar-refractivity contribution is 0.410. The van der Waals surface area contributed by atoms with E-state index in [0.717, 1.165) is 18.7 Å². The standard InChI is InChI=1S/C16H15F4N3/c17-12-14(13(18)16(20)22-15(12)19)21-8-10-6-7-23(9-10)11-4-2-1-3-5-11/h1-5,10H,6-9H2,(H,21,22). The molecule has 2 heterocycles. The van der Waals surface area contributed by atoms with Crippen LogP contribution in [0.5, 0.6) is 0 Å². The molecule has 0 aliphatic carbocycles. The number of rotatable bonds is 4. The molecular formula is C16H15F4N3. The zero-order chi connectivity index (χ0) is 16.4. The number of pyridine rings is 1. The molecule has 1 aromatic heterocycles. The number of nitrogens with zero attached hydrogens (tertiary/aromatic N) is 2. The van der Waals surface area contributed by atoms with Crippen molar-refractivity contribution in [2.24, 2.45) is 5.92 Å². The molecule has 3 nitrogen and oxygen atoms in total. The third kappa shape index (κ3) is 3.23. The minimum Gasteiger partial charge on any atom is -0.380 e. The van der Waals surface area contributed by atoms with Crippen LogP contribution in [0, 0.1) is 29.4 Å². The quantitative estimate of drug-likeness (QED) is 0.688. The maximum atomic E-state index is 13.5. The van der Waals surface area contributed by atoms with E-state index in [4.69, 9.17) is 0 Å². The summed E-state index contributed by atoms with van der Waals surface area (Å²) in [5.74, 6) is -6.18. The largest absolute Gasteiger partial charge is 0.380 e. The van der Waals surface area contributed by atoms with Crippen molar-refractivity contribution in [1.82, 2.24) is 4.98 Å². The molecule has 1 aliphatic rings. The molecule has 1 saturated heterocycles. The highest BCUT2D eigenvalue weighted by Gasteiger charge is 2.25. The third-order valence-corrected chi connectivity index (χ3v) is 3.97. The summed E-state index contributed by atoms with van der Waals surface area (Å²) in [6.45, 7) is 1.75. The molecule has 0 saturated carbocycles. The average Bonchev–Trinajstić information content (AvgIpc) is 3.03. The number of aromatic nitrogens is 1. The second-order valence-corrected chi connectivity index (χ2v) is 5.51. The molecule has 0 bridgehead atoms. The van der Waals surface area contributed by atoms with Crippen LogP contribution in [0.1, 0.15) is 6.42 Å². The third-order valence-electron chi connectivity index (χ3n) is 3.97. The second kappa shape index (κ2) is 6.44. The Morgan fingerprint density at radius 3 is 2.35 bits per heavy atom. The van der Waals surface area contributed by atoms with Crippen LogP contribution < -0.4 is 10.2 Å². The van der Waals surface area contributed by atoms with Crippen LogP contribution >= 0.6 is 0 Å². The number of benzene rings is 1. The number of halogens is 4. The van der Waals surface area contributed by atoms with Gasteiger partial charge in [0.05, 0.1) is 0 Å². The Bertz CT molecular complexity index is 667. The monoisotopic (exact) mass is 325 g/mol. The molecule has 1 aromatic carbocycles. The first-order chi connectivity index (χ1) is 11.1. The number of nitrogens with one attached hydrogen (secondary N) is 1. The van der Waals surface area contributed by atoms with Crippen molar-refractivity contribution in [3.05, 3.63) is 53.9 Å². The van der Waals surface area contributed by atoms with Gasteiger partial charge in [-0.1, -0.05) is 18.2 Å². The van der Waals surface area contributed by atoms with Crippen molar-refractivity contribution >= 4 is 11.4 Å².